The average Bonchev–Trinajstić information content (AvgIpc) is 3.23. The minimum absolute atomic E-state index is 0.0998. The highest BCUT2D eigenvalue weighted by molar-refractivity contribution is 7.09. The molecule has 2 heterocycles. The number of amides is 1. The first kappa shape index (κ1) is 17.4. The van der Waals surface area contributed by atoms with Crippen LogP contribution in [0.4, 0.5) is 0 Å². The predicted molar refractivity (Wildman–Crippen MR) is 102 cm³/mol. The lowest BCUT2D eigenvalue weighted by atomic mass is 10.1. The van der Waals surface area contributed by atoms with Gasteiger partial charge in [0.25, 0.3) is 0 Å². The number of benzene rings is 1. The smallest absolute Gasteiger partial charge is 0.220 e. The molecule has 1 aromatic carbocycles. The highest BCUT2D eigenvalue weighted by atomic mass is 32.1. The molecule has 130 valence electrons. The van der Waals surface area contributed by atoms with Crippen molar-refractivity contribution in [2.45, 2.75) is 39.7 Å². The van der Waals surface area contributed by atoms with Crippen molar-refractivity contribution in [1.29, 1.82) is 0 Å². The van der Waals surface area contributed by atoms with Crippen molar-refractivity contribution in [3.05, 3.63) is 69.7 Å². The van der Waals surface area contributed by atoms with Gasteiger partial charge in [-0.3, -0.25) is 4.79 Å². The summed E-state index contributed by atoms with van der Waals surface area (Å²) >= 11 is 1.75. The topological polar surface area (TPSA) is 46.9 Å². The fraction of sp³-hybridized carbons (Fsp3) is 0.300. The SMILES string of the molecule is Cc1nn(-c2ccccc2)c(C)c1CNC(=O)CCCc1cccs1. The predicted octanol–water partition coefficient (Wildman–Crippen LogP) is 4.19. The van der Waals surface area contributed by atoms with Crippen molar-refractivity contribution >= 4 is 17.2 Å². The van der Waals surface area contributed by atoms with Crippen molar-refractivity contribution in [1.82, 2.24) is 15.1 Å². The van der Waals surface area contributed by atoms with Crippen LogP contribution in [-0.2, 0) is 17.8 Å². The molecule has 0 bridgehead atoms. The summed E-state index contributed by atoms with van der Waals surface area (Å²) in [6.45, 7) is 4.57. The van der Waals surface area contributed by atoms with E-state index in [1.54, 1.807) is 11.3 Å². The molecule has 25 heavy (non-hydrogen) atoms. The molecular weight excluding hydrogens is 330 g/mol. The Morgan fingerprint density at radius 1 is 1.16 bits per heavy atom. The van der Waals surface area contributed by atoms with Gasteiger partial charge < -0.3 is 5.32 Å². The van der Waals surface area contributed by atoms with E-state index in [0.29, 0.717) is 13.0 Å². The first-order valence-corrected chi connectivity index (χ1v) is 9.42. The minimum Gasteiger partial charge on any atom is -0.352 e. The summed E-state index contributed by atoms with van der Waals surface area (Å²) in [5.41, 5.74) is 4.16. The third-order valence-electron chi connectivity index (χ3n) is 4.31. The summed E-state index contributed by atoms with van der Waals surface area (Å²) < 4.78 is 1.94. The van der Waals surface area contributed by atoms with E-state index in [0.717, 1.165) is 35.5 Å². The molecule has 3 aromatic rings. The molecule has 0 aliphatic rings. The molecule has 0 radical (unpaired) electrons. The molecule has 0 spiro atoms. The number of rotatable bonds is 7. The van der Waals surface area contributed by atoms with Gasteiger partial charge >= 0.3 is 0 Å². The lowest BCUT2D eigenvalue weighted by Gasteiger charge is -2.07. The number of carbonyl (C=O) groups excluding carboxylic acids is 1. The second-order valence-electron chi connectivity index (χ2n) is 6.11. The van der Waals surface area contributed by atoms with E-state index in [4.69, 9.17) is 0 Å². The van der Waals surface area contributed by atoms with E-state index in [-0.39, 0.29) is 5.91 Å². The number of nitrogens with zero attached hydrogens (tertiary/aromatic N) is 2. The molecule has 1 N–H and O–H groups in total. The van der Waals surface area contributed by atoms with Crippen molar-refractivity contribution in [2.24, 2.45) is 0 Å². The highest BCUT2D eigenvalue weighted by Crippen LogP contribution is 2.18. The van der Waals surface area contributed by atoms with Crippen LogP contribution >= 0.6 is 11.3 Å². The first-order chi connectivity index (χ1) is 12.1. The van der Waals surface area contributed by atoms with Gasteiger partial charge in [-0.05, 0) is 50.3 Å². The maximum atomic E-state index is 12.1. The third-order valence-corrected chi connectivity index (χ3v) is 5.25. The largest absolute Gasteiger partial charge is 0.352 e. The Hall–Kier alpha value is -2.40. The fourth-order valence-electron chi connectivity index (χ4n) is 2.90. The number of nitrogens with one attached hydrogen (secondary N) is 1. The number of aromatic nitrogens is 2. The lowest BCUT2D eigenvalue weighted by Crippen LogP contribution is -2.23. The van der Waals surface area contributed by atoms with E-state index in [1.165, 1.54) is 4.88 Å². The standard InChI is InChI=1S/C20H23N3OS/c1-15-19(16(2)23(22-15)17-8-4-3-5-9-17)14-21-20(24)12-6-10-18-11-7-13-25-18/h3-5,7-9,11,13H,6,10,12,14H2,1-2H3,(H,21,24). The zero-order chi connectivity index (χ0) is 17.6. The summed E-state index contributed by atoms with van der Waals surface area (Å²) in [6.07, 6.45) is 2.41. The maximum absolute atomic E-state index is 12.1. The van der Waals surface area contributed by atoms with Gasteiger partial charge in [-0.25, -0.2) is 4.68 Å². The Balaban J connectivity index is 1.56. The molecule has 0 aliphatic heterocycles. The summed E-state index contributed by atoms with van der Waals surface area (Å²) in [6, 6.07) is 14.2. The summed E-state index contributed by atoms with van der Waals surface area (Å²) in [7, 11) is 0. The Morgan fingerprint density at radius 2 is 1.96 bits per heavy atom. The van der Waals surface area contributed by atoms with E-state index in [2.05, 4.69) is 27.9 Å². The van der Waals surface area contributed by atoms with Gasteiger partial charge in [0.05, 0.1) is 11.4 Å². The van der Waals surface area contributed by atoms with Crippen LogP contribution in [0.1, 0.15) is 34.7 Å². The van der Waals surface area contributed by atoms with E-state index in [1.807, 2.05) is 48.9 Å². The molecule has 0 atom stereocenters. The van der Waals surface area contributed by atoms with E-state index >= 15 is 0 Å². The molecule has 2 aromatic heterocycles. The Bertz CT molecular complexity index is 822. The van der Waals surface area contributed by atoms with Gasteiger partial charge in [0, 0.05) is 29.1 Å². The van der Waals surface area contributed by atoms with Crippen LogP contribution in [0.5, 0.6) is 0 Å². The van der Waals surface area contributed by atoms with Crippen LogP contribution in [0.2, 0.25) is 0 Å². The molecule has 3 rings (SSSR count). The number of carbonyl (C=O) groups is 1. The Labute approximate surface area is 152 Å². The first-order valence-electron chi connectivity index (χ1n) is 8.55. The quantitative estimate of drug-likeness (QED) is 0.692. The molecule has 5 heteroatoms. The summed E-state index contributed by atoms with van der Waals surface area (Å²) in [4.78, 5) is 13.4. The van der Waals surface area contributed by atoms with Crippen molar-refractivity contribution in [2.75, 3.05) is 0 Å². The number of para-hydroxylation sites is 1. The van der Waals surface area contributed by atoms with Gasteiger partial charge in [0.1, 0.15) is 0 Å². The van der Waals surface area contributed by atoms with Crippen molar-refractivity contribution < 1.29 is 4.79 Å². The zero-order valence-corrected chi connectivity index (χ0v) is 15.5. The van der Waals surface area contributed by atoms with Crippen LogP contribution in [0.15, 0.2) is 47.8 Å². The maximum Gasteiger partial charge on any atom is 0.220 e. The van der Waals surface area contributed by atoms with Gasteiger partial charge in [0.15, 0.2) is 0 Å². The van der Waals surface area contributed by atoms with Crippen molar-refractivity contribution in [3.8, 4) is 5.69 Å². The van der Waals surface area contributed by atoms with Crippen LogP contribution in [-0.4, -0.2) is 15.7 Å². The number of aryl methyl sites for hydroxylation is 2. The number of hydrogen-bond donors (Lipinski definition) is 1. The molecule has 1 amide bonds. The van der Waals surface area contributed by atoms with E-state index < -0.39 is 0 Å². The van der Waals surface area contributed by atoms with Crippen LogP contribution < -0.4 is 5.32 Å². The van der Waals surface area contributed by atoms with Crippen LogP contribution in [0.3, 0.4) is 0 Å². The van der Waals surface area contributed by atoms with Crippen LogP contribution in [0, 0.1) is 13.8 Å². The average molecular weight is 353 g/mol. The molecule has 0 unspecified atom stereocenters. The minimum atomic E-state index is 0.0998. The van der Waals surface area contributed by atoms with Gasteiger partial charge in [-0.1, -0.05) is 24.3 Å². The molecule has 0 aliphatic carbocycles. The van der Waals surface area contributed by atoms with Crippen molar-refractivity contribution in [3.63, 3.8) is 0 Å². The second-order valence-corrected chi connectivity index (χ2v) is 7.14. The molecule has 4 nitrogen and oxygen atoms in total. The number of hydrogen-bond acceptors (Lipinski definition) is 3. The number of thiophene rings is 1. The molecular formula is C20H23N3OS. The molecule has 0 fully saturated rings. The van der Waals surface area contributed by atoms with Gasteiger partial charge in [-0.2, -0.15) is 5.10 Å². The van der Waals surface area contributed by atoms with Crippen LogP contribution in [0.25, 0.3) is 5.69 Å². The summed E-state index contributed by atoms with van der Waals surface area (Å²) in [5, 5.41) is 9.73. The highest BCUT2D eigenvalue weighted by Gasteiger charge is 2.13. The third kappa shape index (κ3) is 4.37. The summed E-state index contributed by atoms with van der Waals surface area (Å²) in [5.74, 6) is 0.0998. The normalized spacial score (nSPS) is 10.8. The van der Waals surface area contributed by atoms with Gasteiger partial charge in [-0.15, -0.1) is 11.3 Å². The zero-order valence-electron chi connectivity index (χ0n) is 14.7. The second kappa shape index (κ2) is 8.12. The van der Waals surface area contributed by atoms with E-state index in [9.17, 15) is 4.79 Å². The lowest BCUT2D eigenvalue weighted by molar-refractivity contribution is -0.121. The fourth-order valence-corrected chi connectivity index (χ4v) is 3.66. The van der Waals surface area contributed by atoms with Gasteiger partial charge in [0.2, 0.25) is 5.91 Å². The molecule has 0 saturated carbocycles. The molecule has 0 saturated heterocycles. The Kier molecular flexibility index (Phi) is 5.66. The monoisotopic (exact) mass is 353 g/mol. The Morgan fingerprint density at radius 3 is 2.68 bits per heavy atom.